The second-order valence-electron chi connectivity index (χ2n) is 7.84. The summed E-state index contributed by atoms with van der Waals surface area (Å²) in [5.41, 5.74) is 7.76. The van der Waals surface area contributed by atoms with Crippen LogP contribution in [-0.4, -0.2) is 19.9 Å². The topological polar surface area (TPSA) is 54.5 Å². The zero-order valence-electron chi connectivity index (χ0n) is 17.8. The van der Waals surface area contributed by atoms with Gasteiger partial charge in [0.1, 0.15) is 5.82 Å². The van der Waals surface area contributed by atoms with Crippen molar-refractivity contribution in [2.24, 2.45) is 0 Å². The highest BCUT2D eigenvalue weighted by Gasteiger charge is 2.15. The van der Waals surface area contributed by atoms with Gasteiger partial charge < -0.3 is 4.98 Å². The molecule has 33 heavy (non-hydrogen) atoms. The van der Waals surface area contributed by atoms with Crippen LogP contribution < -0.4 is 0 Å². The van der Waals surface area contributed by atoms with Gasteiger partial charge in [0.25, 0.3) is 0 Å². The fraction of sp³-hybridized carbons (Fsp3) is 0. The Bertz CT molecular complexity index is 1460. The van der Waals surface area contributed by atoms with Crippen molar-refractivity contribution in [2.45, 2.75) is 0 Å². The Kier molecular flexibility index (Phi) is 4.74. The highest BCUT2D eigenvalue weighted by molar-refractivity contribution is 5.86. The smallest absolute Gasteiger partial charge is 0.160 e. The number of para-hydroxylation sites is 2. The van der Waals surface area contributed by atoms with E-state index in [0.29, 0.717) is 5.82 Å². The highest BCUT2D eigenvalue weighted by Crippen LogP contribution is 2.33. The summed E-state index contributed by atoms with van der Waals surface area (Å²) in [4.78, 5) is 18.2. The van der Waals surface area contributed by atoms with E-state index in [2.05, 4.69) is 35.3 Å². The van der Waals surface area contributed by atoms with Gasteiger partial charge in [-0.3, -0.25) is 0 Å². The number of H-pyrrole nitrogens is 1. The molecule has 0 aliphatic rings. The fourth-order valence-electron chi connectivity index (χ4n) is 4.05. The van der Waals surface area contributed by atoms with Crippen LogP contribution in [0.1, 0.15) is 0 Å². The number of imidazole rings is 1. The van der Waals surface area contributed by atoms with Crippen molar-refractivity contribution in [3.8, 4) is 45.3 Å². The number of nitrogens with one attached hydrogen (secondary N) is 1. The maximum atomic E-state index is 4.99. The summed E-state index contributed by atoms with van der Waals surface area (Å²) in [6.07, 6.45) is 0. The summed E-state index contributed by atoms with van der Waals surface area (Å²) in [6, 6.07) is 38.7. The number of benzene rings is 4. The SMILES string of the molecule is c1ccc(-c2cc(-c3ccccc3-c3nc4ccccc4[nH]3)nc(-c3ccccc3)n2)cc1. The van der Waals surface area contributed by atoms with Crippen molar-refractivity contribution in [1.29, 1.82) is 0 Å². The molecule has 6 aromatic rings. The van der Waals surface area contributed by atoms with Crippen LogP contribution in [0.3, 0.4) is 0 Å². The Morgan fingerprint density at radius 2 is 1.09 bits per heavy atom. The number of aromatic nitrogens is 4. The molecule has 2 heterocycles. The van der Waals surface area contributed by atoms with Crippen LogP contribution in [0.15, 0.2) is 115 Å². The number of hydrogen-bond donors (Lipinski definition) is 1. The summed E-state index contributed by atoms with van der Waals surface area (Å²) >= 11 is 0. The van der Waals surface area contributed by atoms with E-state index in [-0.39, 0.29) is 0 Å². The fourth-order valence-corrected chi connectivity index (χ4v) is 4.05. The molecule has 0 radical (unpaired) electrons. The van der Waals surface area contributed by atoms with Gasteiger partial charge in [0.15, 0.2) is 5.82 Å². The summed E-state index contributed by atoms with van der Waals surface area (Å²) < 4.78 is 0. The zero-order chi connectivity index (χ0) is 22.0. The summed E-state index contributed by atoms with van der Waals surface area (Å²) in [6.45, 7) is 0. The second kappa shape index (κ2) is 8.17. The maximum absolute atomic E-state index is 4.99. The molecular weight excluding hydrogens is 404 g/mol. The van der Waals surface area contributed by atoms with E-state index in [1.807, 2.05) is 84.9 Å². The van der Waals surface area contributed by atoms with E-state index < -0.39 is 0 Å². The number of fused-ring (bicyclic) bond motifs is 1. The lowest BCUT2D eigenvalue weighted by molar-refractivity contribution is 1.18. The van der Waals surface area contributed by atoms with Crippen molar-refractivity contribution >= 4 is 11.0 Å². The van der Waals surface area contributed by atoms with Gasteiger partial charge in [0.2, 0.25) is 0 Å². The van der Waals surface area contributed by atoms with E-state index in [1.54, 1.807) is 0 Å². The standard InChI is InChI=1S/C29H20N4/c1-3-11-20(12-4-1)26-19-27(33-28(32-26)21-13-5-2-6-14-21)22-15-7-8-16-23(22)29-30-24-17-9-10-18-25(24)31-29/h1-19H,(H,30,31). The molecule has 0 spiro atoms. The molecule has 4 aromatic carbocycles. The number of nitrogens with zero attached hydrogens (tertiary/aromatic N) is 3. The lowest BCUT2D eigenvalue weighted by Gasteiger charge is -2.11. The van der Waals surface area contributed by atoms with Gasteiger partial charge in [-0.2, -0.15) is 0 Å². The van der Waals surface area contributed by atoms with Crippen LogP contribution >= 0.6 is 0 Å². The van der Waals surface area contributed by atoms with Gasteiger partial charge in [-0.15, -0.1) is 0 Å². The molecule has 156 valence electrons. The van der Waals surface area contributed by atoms with Crippen molar-refractivity contribution in [2.75, 3.05) is 0 Å². The van der Waals surface area contributed by atoms with Crippen LogP contribution in [0, 0.1) is 0 Å². The summed E-state index contributed by atoms with van der Waals surface area (Å²) in [5.74, 6) is 1.53. The number of hydrogen-bond acceptors (Lipinski definition) is 3. The van der Waals surface area contributed by atoms with Crippen molar-refractivity contribution < 1.29 is 0 Å². The van der Waals surface area contributed by atoms with Crippen molar-refractivity contribution in [3.05, 3.63) is 115 Å². The molecule has 0 aliphatic carbocycles. The third-order valence-corrected chi connectivity index (χ3v) is 5.68. The van der Waals surface area contributed by atoms with E-state index in [0.717, 1.165) is 50.5 Å². The average Bonchev–Trinajstić information content (AvgIpc) is 3.34. The number of rotatable bonds is 4. The van der Waals surface area contributed by atoms with Gasteiger partial charge >= 0.3 is 0 Å². The Hall–Kier alpha value is -4.57. The average molecular weight is 425 g/mol. The first-order chi connectivity index (χ1) is 16.3. The van der Waals surface area contributed by atoms with Gasteiger partial charge in [-0.25, -0.2) is 15.0 Å². The molecule has 0 fully saturated rings. The van der Waals surface area contributed by atoms with Crippen molar-refractivity contribution in [1.82, 2.24) is 19.9 Å². The Morgan fingerprint density at radius 3 is 1.85 bits per heavy atom. The molecule has 0 atom stereocenters. The van der Waals surface area contributed by atoms with E-state index >= 15 is 0 Å². The van der Waals surface area contributed by atoms with Gasteiger partial charge in [-0.05, 0) is 18.2 Å². The van der Waals surface area contributed by atoms with Gasteiger partial charge in [0.05, 0.1) is 22.4 Å². The molecule has 4 heteroatoms. The van der Waals surface area contributed by atoms with Crippen LogP contribution in [0.25, 0.3) is 56.3 Å². The minimum atomic E-state index is 0.700. The first kappa shape index (κ1) is 19.1. The van der Waals surface area contributed by atoms with E-state index in [1.165, 1.54) is 0 Å². The molecule has 0 bridgehead atoms. The second-order valence-corrected chi connectivity index (χ2v) is 7.84. The molecule has 0 saturated carbocycles. The zero-order valence-corrected chi connectivity index (χ0v) is 17.8. The summed E-state index contributed by atoms with van der Waals surface area (Å²) in [7, 11) is 0. The van der Waals surface area contributed by atoms with E-state index in [4.69, 9.17) is 15.0 Å². The Balaban J connectivity index is 1.57. The molecule has 0 amide bonds. The molecule has 1 N–H and O–H groups in total. The monoisotopic (exact) mass is 424 g/mol. The highest BCUT2D eigenvalue weighted by atomic mass is 14.9. The van der Waals surface area contributed by atoms with Gasteiger partial charge in [-0.1, -0.05) is 97.1 Å². The third kappa shape index (κ3) is 3.68. The first-order valence-corrected chi connectivity index (χ1v) is 10.9. The number of aromatic amines is 1. The molecule has 0 aliphatic heterocycles. The largest absolute Gasteiger partial charge is 0.338 e. The minimum absolute atomic E-state index is 0.700. The Labute approximate surface area is 191 Å². The molecule has 0 unspecified atom stereocenters. The lowest BCUT2D eigenvalue weighted by atomic mass is 10.0. The predicted octanol–water partition coefficient (Wildman–Crippen LogP) is 7.02. The van der Waals surface area contributed by atoms with Gasteiger partial charge in [0, 0.05) is 22.3 Å². The lowest BCUT2D eigenvalue weighted by Crippen LogP contribution is -1.97. The molecule has 6 rings (SSSR count). The Morgan fingerprint density at radius 1 is 0.485 bits per heavy atom. The predicted molar refractivity (Wildman–Crippen MR) is 133 cm³/mol. The van der Waals surface area contributed by atoms with Crippen LogP contribution in [0.4, 0.5) is 0 Å². The van der Waals surface area contributed by atoms with Crippen LogP contribution in [0.2, 0.25) is 0 Å². The summed E-state index contributed by atoms with van der Waals surface area (Å²) in [5, 5.41) is 0. The minimum Gasteiger partial charge on any atom is -0.338 e. The van der Waals surface area contributed by atoms with E-state index in [9.17, 15) is 0 Å². The third-order valence-electron chi connectivity index (χ3n) is 5.68. The molecular formula is C29H20N4. The normalized spacial score (nSPS) is 11.0. The quantitative estimate of drug-likeness (QED) is 0.331. The molecule has 4 nitrogen and oxygen atoms in total. The first-order valence-electron chi connectivity index (χ1n) is 10.9. The van der Waals surface area contributed by atoms with Crippen molar-refractivity contribution in [3.63, 3.8) is 0 Å². The molecule has 2 aromatic heterocycles. The maximum Gasteiger partial charge on any atom is 0.160 e. The molecule has 0 saturated heterocycles. The van der Waals surface area contributed by atoms with Crippen LogP contribution in [0.5, 0.6) is 0 Å². The van der Waals surface area contributed by atoms with Crippen LogP contribution in [-0.2, 0) is 0 Å².